The Bertz CT molecular complexity index is 244. The lowest BCUT2D eigenvalue weighted by Crippen LogP contribution is -2.41. The van der Waals surface area contributed by atoms with Crippen LogP contribution in [0.3, 0.4) is 0 Å². The molecule has 2 N–H and O–H groups in total. The van der Waals surface area contributed by atoms with Gasteiger partial charge in [0.15, 0.2) is 0 Å². The molecular formula is C8H17NO3S. The van der Waals surface area contributed by atoms with E-state index in [1.807, 2.05) is 6.92 Å². The number of hydrogen-bond donors (Lipinski definition) is 1. The van der Waals surface area contributed by atoms with Gasteiger partial charge in [0.1, 0.15) is 5.25 Å². The van der Waals surface area contributed by atoms with Crippen LogP contribution in [0.25, 0.3) is 0 Å². The average molecular weight is 207 g/mol. The monoisotopic (exact) mass is 207 g/mol. The molecule has 1 saturated heterocycles. The summed E-state index contributed by atoms with van der Waals surface area (Å²) in [6.45, 7) is 2.49. The smallest absolute Gasteiger partial charge is 0.214 e. The molecule has 0 aromatic heterocycles. The van der Waals surface area contributed by atoms with Gasteiger partial charge in [-0.05, 0) is 25.7 Å². The highest BCUT2D eigenvalue weighted by Crippen LogP contribution is 2.21. The van der Waals surface area contributed by atoms with Crippen molar-refractivity contribution in [1.29, 1.82) is 0 Å². The third kappa shape index (κ3) is 2.93. The summed E-state index contributed by atoms with van der Waals surface area (Å²) < 4.78 is 27.7. The maximum atomic E-state index is 11.2. The Balaban J connectivity index is 2.65. The van der Waals surface area contributed by atoms with Crippen LogP contribution in [0.2, 0.25) is 0 Å². The predicted molar refractivity (Wildman–Crippen MR) is 50.8 cm³/mol. The second-order valence-corrected chi connectivity index (χ2v) is 5.22. The fourth-order valence-electron chi connectivity index (χ4n) is 1.77. The van der Waals surface area contributed by atoms with Crippen LogP contribution in [0.4, 0.5) is 0 Å². The van der Waals surface area contributed by atoms with E-state index in [0.29, 0.717) is 13.0 Å². The molecule has 0 aromatic carbocycles. The van der Waals surface area contributed by atoms with Gasteiger partial charge in [-0.1, -0.05) is 6.92 Å². The van der Waals surface area contributed by atoms with Crippen LogP contribution in [0, 0.1) is 0 Å². The zero-order valence-corrected chi connectivity index (χ0v) is 8.72. The summed E-state index contributed by atoms with van der Waals surface area (Å²) in [6.07, 6.45) is 3.22. The molecule has 5 heteroatoms. The molecule has 4 nitrogen and oxygen atoms in total. The van der Waals surface area contributed by atoms with Crippen LogP contribution in [-0.2, 0) is 14.8 Å². The molecule has 1 aliphatic heterocycles. The van der Waals surface area contributed by atoms with Crippen molar-refractivity contribution in [3.05, 3.63) is 0 Å². The first-order chi connectivity index (χ1) is 6.05. The van der Waals surface area contributed by atoms with Gasteiger partial charge < -0.3 is 4.74 Å². The second kappa shape index (κ2) is 4.39. The molecule has 78 valence electrons. The van der Waals surface area contributed by atoms with Gasteiger partial charge in [-0.15, -0.1) is 0 Å². The summed E-state index contributed by atoms with van der Waals surface area (Å²) in [5.74, 6) is 0. The van der Waals surface area contributed by atoms with Gasteiger partial charge >= 0.3 is 0 Å². The Labute approximate surface area is 79.5 Å². The van der Waals surface area contributed by atoms with Crippen LogP contribution >= 0.6 is 0 Å². The minimum absolute atomic E-state index is 0.186. The molecule has 1 fully saturated rings. The summed E-state index contributed by atoms with van der Waals surface area (Å²) in [5, 5.41) is 4.59. The lowest BCUT2D eigenvalue weighted by molar-refractivity contribution is 0.0131. The van der Waals surface area contributed by atoms with Crippen molar-refractivity contribution in [3.8, 4) is 0 Å². The van der Waals surface area contributed by atoms with Gasteiger partial charge in [-0.3, -0.25) is 0 Å². The lowest BCUT2D eigenvalue weighted by atomic mass is 10.0. The Morgan fingerprint density at radius 2 is 2.23 bits per heavy atom. The van der Waals surface area contributed by atoms with Crippen LogP contribution in [0.5, 0.6) is 0 Å². The van der Waals surface area contributed by atoms with Crippen LogP contribution in [0.1, 0.15) is 32.6 Å². The van der Waals surface area contributed by atoms with E-state index in [2.05, 4.69) is 0 Å². The van der Waals surface area contributed by atoms with Crippen molar-refractivity contribution in [2.75, 3.05) is 6.61 Å². The summed E-state index contributed by atoms with van der Waals surface area (Å²) in [4.78, 5) is 0. The topological polar surface area (TPSA) is 69.4 Å². The molecule has 13 heavy (non-hydrogen) atoms. The van der Waals surface area contributed by atoms with E-state index >= 15 is 0 Å². The van der Waals surface area contributed by atoms with Crippen molar-refractivity contribution in [2.24, 2.45) is 5.14 Å². The molecule has 1 rings (SSSR count). The first-order valence-electron chi connectivity index (χ1n) is 4.69. The lowest BCUT2D eigenvalue weighted by Gasteiger charge is -2.28. The molecule has 0 spiro atoms. The largest absolute Gasteiger partial charge is 0.377 e. The maximum Gasteiger partial charge on any atom is 0.214 e. The predicted octanol–water partition coefficient (Wildman–Crippen LogP) is 0.623. The molecule has 1 aliphatic rings. The summed E-state index contributed by atoms with van der Waals surface area (Å²) in [7, 11) is -3.44. The Hall–Kier alpha value is -0.130. The molecule has 0 aromatic rings. The molecule has 0 bridgehead atoms. The first-order valence-corrected chi connectivity index (χ1v) is 6.30. The highest BCUT2D eigenvalue weighted by atomic mass is 32.2. The van der Waals surface area contributed by atoms with E-state index in [-0.39, 0.29) is 6.10 Å². The van der Waals surface area contributed by atoms with Gasteiger partial charge in [-0.25, -0.2) is 13.6 Å². The van der Waals surface area contributed by atoms with Crippen LogP contribution < -0.4 is 5.14 Å². The quantitative estimate of drug-likeness (QED) is 0.737. The van der Waals surface area contributed by atoms with Crippen molar-refractivity contribution in [1.82, 2.24) is 0 Å². The SMILES string of the molecule is CCC(C1CCCCO1)S(N)(=O)=O. The number of hydrogen-bond acceptors (Lipinski definition) is 3. The number of nitrogens with two attached hydrogens (primary N) is 1. The van der Waals surface area contributed by atoms with E-state index in [0.717, 1.165) is 19.3 Å². The molecular weight excluding hydrogens is 190 g/mol. The molecule has 0 radical (unpaired) electrons. The molecule has 0 aliphatic carbocycles. The first kappa shape index (κ1) is 10.9. The van der Waals surface area contributed by atoms with Crippen LogP contribution in [0.15, 0.2) is 0 Å². The van der Waals surface area contributed by atoms with E-state index in [4.69, 9.17) is 9.88 Å². The summed E-state index contributed by atoms with van der Waals surface area (Å²) in [6, 6.07) is 0. The van der Waals surface area contributed by atoms with E-state index in [1.165, 1.54) is 0 Å². The Morgan fingerprint density at radius 1 is 1.54 bits per heavy atom. The van der Waals surface area contributed by atoms with Crippen molar-refractivity contribution in [3.63, 3.8) is 0 Å². The molecule has 0 saturated carbocycles. The molecule has 2 atom stereocenters. The molecule has 1 heterocycles. The van der Waals surface area contributed by atoms with Crippen molar-refractivity contribution >= 4 is 10.0 Å². The minimum atomic E-state index is -3.44. The number of rotatable bonds is 3. The Morgan fingerprint density at radius 3 is 2.62 bits per heavy atom. The van der Waals surface area contributed by atoms with E-state index < -0.39 is 15.3 Å². The van der Waals surface area contributed by atoms with Crippen molar-refractivity contribution < 1.29 is 13.2 Å². The molecule has 2 unspecified atom stereocenters. The number of ether oxygens (including phenoxy) is 1. The zero-order valence-electron chi connectivity index (χ0n) is 7.90. The van der Waals surface area contributed by atoms with Gasteiger partial charge in [0.05, 0.1) is 6.10 Å². The number of sulfonamides is 1. The average Bonchev–Trinajstić information content (AvgIpc) is 2.05. The number of primary sulfonamides is 1. The van der Waals surface area contributed by atoms with Gasteiger partial charge in [-0.2, -0.15) is 0 Å². The van der Waals surface area contributed by atoms with Gasteiger partial charge in [0.25, 0.3) is 0 Å². The van der Waals surface area contributed by atoms with E-state index in [9.17, 15) is 8.42 Å². The highest BCUT2D eigenvalue weighted by molar-refractivity contribution is 7.89. The normalized spacial score (nSPS) is 27.1. The van der Waals surface area contributed by atoms with E-state index in [1.54, 1.807) is 0 Å². The van der Waals surface area contributed by atoms with Gasteiger partial charge in [0, 0.05) is 6.61 Å². The third-order valence-electron chi connectivity index (χ3n) is 2.45. The second-order valence-electron chi connectivity index (χ2n) is 3.44. The fraction of sp³-hybridized carbons (Fsp3) is 1.00. The van der Waals surface area contributed by atoms with Gasteiger partial charge in [0.2, 0.25) is 10.0 Å². The molecule has 0 amide bonds. The third-order valence-corrected chi connectivity index (χ3v) is 3.93. The van der Waals surface area contributed by atoms with Crippen molar-refractivity contribution in [2.45, 2.75) is 44.0 Å². The maximum absolute atomic E-state index is 11.2. The van der Waals surface area contributed by atoms with Crippen LogP contribution in [-0.4, -0.2) is 26.4 Å². The highest BCUT2D eigenvalue weighted by Gasteiger charge is 2.31. The Kier molecular flexibility index (Phi) is 3.70. The summed E-state index contributed by atoms with van der Waals surface area (Å²) >= 11 is 0. The fourth-order valence-corrected chi connectivity index (χ4v) is 2.87. The minimum Gasteiger partial charge on any atom is -0.377 e. The zero-order chi connectivity index (χ0) is 9.90. The summed E-state index contributed by atoms with van der Waals surface area (Å²) in [5.41, 5.74) is 0. The standard InChI is InChI=1S/C8H17NO3S/c1-2-8(13(9,10)11)7-5-3-4-6-12-7/h7-8H,2-6H2,1H3,(H2,9,10,11).